The molecule has 3 heterocycles. The molecule has 1 saturated heterocycles. The predicted molar refractivity (Wildman–Crippen MR) is 103 cm³/mol. The summed E-state index contributed by atoms with van der Waals surface area (Å²) in [4.78, 5) is 20.8. The molecular formula is C21H23FN4O3. The molecule has 2 aromatic heterocycles. The van der Waals surface area contributed by atoms with Gasteiger partial charge in [0.25, 0.3) is 0 Å². The van der Waals surface area contributed by atoms with Gasteiger partial charge in [-0.25, -0.2) is 9.37 Å². The fraction of sp³-hybridized carbons (Fsp3) is 0.381. The average Bonchev–Trinajstić information content (AvgIpc) is 3.36. The van der Waals surface area contributed by atoms with E-state index in [1.807, 2.05) is 17.9 Å². The molecule has 0 radical (unpaired) electrons. The normalized spacial score (nSPS) is 15.0. The van der Waals surface area contributed by atoms with Gasteiger partial charge >= 0.3 is 0 Å². The molecule has 0 bridgehead atoms. The number of carbonyl (C=O) groups excluding carboxylic acids is 1. The van der Waals surface area contributed by atoms with Gasteiger partial charge in [0.1, 0.15) is 5.82 Å². The number of carbonyl (C=O) groups is 1. The molecule has 7 nitrogen and oxygen atoms in total. The third-order valence-electron chi connectivity index (χ3n) is 5.03. The molecule has 29 heavy (non-hydrogen) atoms. The topological polar surface area (TPSA) is 75.6 Å². The van der Waals surface area contributed by atoms with Crippen molar-refractivity contribution in [1.82, 2.24) is 19.9 Å². The van der Waals surface area contributed by atoms with Crippen molar-refractivity contribution in [2.45, 2.75) is 26.3 Å². The van der Waals surface area contributed by atoms with Gasteiger partial charge < -0.3 is 13.8 Å². The lowest BCUT2D eigenvalue weighted by atomic mass is 10.2. The fourth-order valence-corrected chi connectivity index (χ4v) is 3.45. The zero-order chi connectivity index (χ0) is 20.2. The van der Waals surface area contributed by atoms with E-state index in [2.05, 4.69) is 15.0 Å². The highest BCUT2D eigenvalue weighted by Gasteiger charge is 2.22. The Hall–Kier alpha value is -3.00. The van der Waals surface area contributed by atoms with Crippen molar-refractivity contribution >= 4 is 5.91 Å². The summed E-state index contributed by atoms with van der Waals surface area (Å²) in [6, 6.07) is 8.33. The molecule has 4 rings (SSSR count). The molecule has 8 heteroatoms. The highest BCUT2D eigenvalue weighted by atomic mass is 19.1. The van der Waals surface area contributed by atoms with Gasteiger partial charge in [-0.2, -0.15) is 0 Å². The van der Waals surface area contributed by atoms with Crippen molar-refractivity contribution in [2.24, 2.45) is 0 Å². The van der Waals surface area contributed by atoms with Crippen LogP contribution < -0.4 is 0 Å². The van der Waals surface area contributed by atoms with Gasteiger partial charge in [-0.3, -0.25) is 9.69 Å². The Labute approximate surface area is 168 Å². The third kappa shape index (κ3) is 4.71. The number of piperazine rings is 1. The lowest BCUT2D eigenvalue weighted by Gasteiger charge is -2.34. The van der Waals surface area contributed by atoms with Crippen molar-refractivity contribution < 1.29 is 18.1 Å². The van der Waals surface area contributed by atoms with Crippen molar-refractivity contribution in [3.8, 4) is 11.3 Å². The standard InChI is InChI=1S/C21H23FN4O3/c1-15-12-16(29-24-15)14-25-8-10-26(11-9-25)21(27)7-6-20-23-13-19(28-20)17-4-2-3-5-18(17)22/h2-5,12-13H,6-11,14H2,1H3. The summed E-state index contributed by atoms with van der Waals surface area (Å²) in [5.41, 5.74) is 1.24. The maximum absolute atomic E-state index is 13.9. The van der Waals surface area contributed by atoms with Crippen molar-refractivity contribution in [2.75, 3.05) is 26.2 Å². The molecule has 0 spiro atoms. The first kappa shape index (κ1) is 19.3. The van der Waals surface area contributed by atoms with Crippen LogP contribution in [0.2, 0.25) is 0 Å². The highest BCUT2D eigenvalue weighted by molar-refractivity contribution is 5.76. The lowest BCUT2D eigenvalue weighted by molar-refractivity contribution is -0.133. The van der Waals surface area contributed by atoms with E-state index in [1.54, 1.807) is 18.2 Å². The molecule has 0 atom stereocenters. The molecule has 0 saturated carbocycles. The zero-order valence-electron chi connectivity index (χ0n) is 16.3. The van der Waals surface area contributed by atoms with E-state index in [-0.39, 0.29) is 11.7 Å². The van der Waals surface area contributed by atoms with Gasteiger partial charge in [-0.15, -0.1) is 0 Å². The first-order valence-corrected chi connectivity index (χ1v) is 9.70. The SMILES string of the molecule is Cc1cc(CN2CCN(C(=O)CCc3ncc(-c4ccccc4F)o3)CC2)on1. The Balaban J connectivity index is 1.25. The van der Waals surface area contributed by atoms with Crippen LogP contribution >= 0.6 is 0 Å². The summed E-state index contributed by atoms with van der Waals surface area (Å²) in [5, 5.41) is 3.90. The van der Waals surface area contributed by atoms with E-state index >= 15 is 0 Å². The van der Waals surface area contributed by atoms with E-state index in [4.69, 9.17) is 8.94 Å². The first-order valence-electron chi connectivity index (χ1n) is 9.70. The summed E-state index contributed by atoms with van der Waals surface area (Å²) in [7, 11) is 0. The Kier molecular flexibility index (Phi) is 5.71. The predicted octanol–water partition coefficient (Wildman–Crippen LogP) is 3.05. The Morgan fingerprint density at radius 3 is 2.72 bits per heavy atom. The first-order chi connectivity index (χ1) is 14.1. The second-order valence-corrected chi connectivity index (χ2v) is 7.19. The highest BCUT2D eigenvalue weighted by Crippen LogP contribution is 2.23. The number of rotatable bonds is 6. The van der Waals surface area contributed by atoms with Gasteiger partial charge in [-0.05, 0) is 19.1 Å². The molecule has 0 aliphatic carbocycles. The molecule has 1 fully saturated rings. The number of benzene rings is 1. The van der Waals surface area contributed by atoms with Gasteiger partial charge in [-0.1, -0.05) is 17.3 Å². The molecular weight excluding hydrogens is 375 g/mol. The van der Waals surface area contributed by atoms with Crippen molar-refractivity contribution in [3.63, 3.8) is 0 Å². The maximum Gasteiger partial charge on any atom is 0.223 e. The lowest BCUT2D eigenvalue weighted by Crippen LogP contribution is -2.48. The Morgan fingerprint density at radius 1 is 1.21 bits per heavy atom. The largest absolute Gasteiger partial charge is 0.441 e. The van der Waals surface area contributed by atoms with Gasteiger partial charge in [0.05, 0.1) is 24.0 Å². The van der Waals surface area contributed by atoms with Gasteiger partial charge in [0, 0.05) is 45.1 Å². The summed E-state index contributed by atoms with van der Waals surface area (Å²) >= 11 is 0. The number of amides is 1. The molecule has 3 aromatic rings. The average molecular weight is 398 g/mol. The molecule has 152 valence electrons. The minimum atomic E-state index is -0.357. The quantitative estimate of drug-likeness (QED) is 0.635. The van der Waals surface area contributed by atoms with Crippen LogP contribution in [0, 0.1) is 12.7 Å². The minimum Gasteiger partial charge on any atom is -0.441 e. The minimum absolute atomic E-state index is 0.0748. The second kappa shape index (κ2) is 8.57. The molecule has 1 aromatic carbocycles. The number of halogens is 1. The second-order valence-electron chi connectivity index (χ2n) is 7.19. The summed E-state index contributed by atoms with van der Waals surface area (Å²) in [6.45, 7) is 5.55. The number of oxazole rings is 1. The fourth-order valence-electron chi connectivity index (χ4n) is 3.45. The molecule has 0 N–H and O–H groups in total. The van der Waals surface area contributed by atoms with E-state index < -0.39 is 0 Å². The van der Waals surface area contributed by atoms with Gasteiger partial charge in [0.15, 0.2) is 17.4 Å². The number of hydrogen-bond acceptors (Lipinski definition) is 6. The number of nitrogens with zero attached hydrogens (tertiary/aromatic N) is 4. The molecule has 1 aliphatic rings. The summed E-state index contributed by atoms with van der Waals surface area (Å²) in [5.74, 6) is 1.38. The van der Waals surface area contributed by atoms with Crippen LogP contribution in [-0.4, -0.2) is 52.0 Å². The van der Waals surface area contributed by atoms with Crippen LogP contribution in [0.4, 0.5) is 4.39 Å². The maximum atomic E-state index is 13.9. The number of aryl methyl sites for hydroxylation is 2. The number of hydrogen-bond donors (Lipinski definition) is 0. The molecule has 0 unspecified atom stereocenters. The van der Waals surface area contributed by atoms with E-state index in [9.17, 15) is 9.18 Å². The third-order valence-corrected chi connectivity index (χ3v) is 5.03. The zero-order valence-corrected chi connectivity index (χ0v) is 16.3. The number of aromatic nitrogens is 2. The van der Waals surface area contributed by atoms with Crippen LogP contribution in [0.3, 0.4) is 0 Å². The Bertz CT molecular complexity index is 976. The summed E-state index contributed by atoms with van der Waals surface area (Å²) in [6.07, 6.45) is 2.21. The van der Waals surface area contributed by atoms with Crippen molar-refractivity contribution in [3.05, 3.63) is 59.7 Å². The van der Waals surface area contributed by atoms with Crippen molar-refractivity contribution in [1.29, 1.82) is 0 Å². The summed E-state index contributed by atoms with van der Waals surface area (Å²) < 4.78 is 24.7. The van der Waals surface area contributed by atoms with E-state index in [0.717, 1.165) is 24.5 Å². The van der Waals surface area contributed by atoms with Gasteiger partial charge in [0.2, 0.25) is 5.91 Å². The van der Waals surface area contributed by atoms with Crippen LogP contribution in [0.1, 0.15) is 23.8 Å². The smallest absolute Gasteiger partial charge is 0.223 e. The van der Waals surface area contributed by atoms with Crippen LogP contribution in [0.5, 0.6) is 0 Å². The van der Waals surface area contributed by atoms with E-state index in [0.29, 0.717) is 49.7 Å². The van der Waals surface area contributed by atoms with Crippen LogP contribution in [0.15, 0.2) is 45.5 Å². The van der Waals surface area contributed by atoms with E-state index in [1.165, 1.54) is 12.3 Å². The Morgan fingerprint density at radius 2 is 2.00 bits per heavy atom. The van der Waals surface area contributed by atoms with Crippen LogP contribution in [-0.2, 0) is 17.8 Å². The molecule has 1 aliphatic heterocycles. The monoisotopic (exact) mass is 398 g/mol. The van der Waals surface area contributed by atoms with Crippen LogP contribution in [0.25, 0.3) is 11.3 Å². The molecule has 1 amide bonds.